The van der Waals surface area contributed by atoms with Crippen LogP contribution in [0.2, 0.25) is 10.0 Å². The van der Waals surface area contributed by atoms with Crippen molar-refractivity contribution in [2.45, 2.75) is 31.7 Å². The number of nitrogens with two attached hydrogens (primary N) is 1. The van der Waals surface area contributed by atoms with E-state index in [1.807, 2.05) is 0 Å². The van der Waals surface area contributed by atoms with Gasteiger partial charge in [0.2, 0.25) is 5.95 Å². The third kappa shape index (κ3) is 8.26. The highest BCUT2D eigenvalue weighted by Gasteiger charge is 2.28. The summed E-state index contributed by atoms with van der Waals surface area (Å²) in [5, 5.41) is 21.3. The van der Waals surface area contributed by atoms with Gasteiger partial charge >= 0.3 is 6.18 Å². The number of alkyl halides is 3. The van der Waals surface area contributed by atoms with Crippen LogP contribution in [0.5, 0.6) is 0 Å². The molecule has 2 aromatic rings. The average molecular weight is 484 g/mol. The minimum atomic E-state index is -4.45. The molecule has 0 fully saturated rings. The van der Waals surface area contributed by atoms with Crippen LogP contribution < -0.4 is 11.1 Å². The summed E-state index contributed by atoms with van der Waals surface area (Å²) in [4.78, 5) is 4.17. The van der Waals surface area contributed by atoms with Gasteiger partial charge in [-0.2, -0.15) is 18.2 Å². The van der Waals surface area contributed by atoms with E-state index in [1.54, 1.807) is 32.0 Å². The van der Waals surface area contributed by atoms with Gasteiger partial charge in [-0.05, 0) is 19.9 Å². The van der Waals surface area contributed by atoms with Crippen molar-refractivity contribution in [3.63, 3.8) is 0 Å². The molecule has 1 aromatic carbocycles. The van der Waals surface area contributed by atoms with Gasteiger partial charge in [0.1, 0.15) is 18.4 Å². The Bertz CT molecular complexity index is 887. The molecule has 2 rings (SSSR count). The minimum absolute atomic E-state index is 0.0778. The van der Waals surface area contributed by atoms with Crippen molar-refractivity contribution in [2.75, 3.05) is 37.5 Å². The average Bonchev–Trinajstić information content (AvgIpc) is 2.63. The zero-order valence-corrected chi connectivity index (χ0v) is 18.2. The van der Waals surface area contributed by atoms with Crippen molar-refractivity contribution < 1.29 is 27.8 Å². The van der Waals surface area contributed by atoms with Crippen LogP contribution in [0.25, 0.3) is 11.3 Å². The zero-order valence-electron chi connectivity index (χ0n) is 16.7. The molecule has 0 bridgehead atoms. The second-order valence-electron chi connectivity index (χ2n) is 7.28. The summed E-state index contributed by atoms with van der Waals surface area (Å²) in [5.74, 6) is 0.206. The van der Waals surface area contributed by atoms with Crippen LogP contribution in [-0.4, -0.2) is 64.5 Å². The molecule has 0 saturated carbocycles. The number of nitrogens with one attached hydrogen (secondary N) is 1. The lowest BCUT2D eigenvalue weighted by atomic mass is 10.1. The van der Waals surface area contributed by atoms with E-state index in [0.717, 1.165) is 0 Å². The molecule has 0 spiro atoms. The topological polar surface area (TPSA) is 115 Å². The minimum Gasteiger partial charge on any atom is -0.388 e. The molecule has 0 radical (unpaired) electrons. The molecular weight excluding hydrogens is 462 g/mol. The molecule has 0 aliphatic heterocycles. The first-order valence-electron chi connectivity index (χ1n) is 9.01. The number of hydrogen-bond donors (Lipinski definition) is 3. The zero-order chi connectivity index (χ0) is 23.2. The SMILES string of the molecule is CC(C)(COC[C@H](O)COCC(F)(F)F)Nc1nnc(-c2cccc(Cl)c2Cl)c(N)n1. The molecule has 1 atom stereocenters. The summed E-state index contributed by atoms with van der Waals surface area (Å²) in [7, 11) is 0. The largest absolute Gasteiger partial charge is 0.411 e. The summed E-state index contributed by atoms with van der Waals surface area (Å²) in [5.41, 5.74) is 6.04. The quantitative estimate of drug-likeness (QED) is 0.469. The Morgan fingerprint density at radius 2 is 1.77 bits per heavy atom. The van der Waals surface area contributed by atoms with Gasteiger partial charge in [-0.25, -0.2) is 0 Å². The van der Waals surface area contributed by atoms with E-state index in [0.29, 0.717) is 10.6 Å². The Labute approximate surface area is 186 Å². The van der Waals surface area contributed by atoms with Crippen LogP contribution in [0, 0.1) is 0 Å². The number of rotatable bonds is 10. The number of anilines is 2. The van der Waals surface area contributed by atoms with E-state index >= 15 is 0 Å². The van der Waals surface area contributed by atoms with Crippen LogP contribution in [0.3, 0.4) is 0 Å². The number of hydrogen-bond acceptors (Lipinski definition) is 8. The number of aromatic nitrogens is 3. The first kappa shape index (κ1) is 25.3. The van der Waals surface area contributed by atoms with Crippen LogP contribution in [-0.2, 0) is 9.47 Å². The van der Waals surface area contributed by atoms with Crippen molar-refractivity contribution in [3.05, 3.63) is 28.2 Å². The second kappa shape index (κ2) is 10.6. The molecule has 31 heavy (non-hydrogen) atoms. The van der Waals surface area contributed by atoms with E-state index in [9.17, 15) is 18.3 Å². The van der Waals surface area contributed by atoms with Gasteiger partial charge in [-0.15, -0.1) is 10.2 Å². The number of aliphatic hydroxyl groups excluding tert-OH is 1. The Morgan fingerprint density at radius 1 is 1.13 bits per heavy atom. The lowest BCUT2D eigenvalue weighted by molar-refractivity contribution is -0.180. The lowest BCUT2D eigenvalue weighted by Gasteiger charge is -2.26. The summed E-state index contributed by atoms with van der Waals surface area (Å²) >= 11 is 12.2. The smallest absolute Gasteiger partial charge is 0.388 e. The molecule has 4 N–H and O–H groups in total. The van der Waals surface area contributed by atoms with Crippen LogP contribution >= 0.6 is 23.2 Å². The Kier molecular flexibility index (Phi) is 8.66. The number of nitrogen functional groups attached to an aromatic ring is 1. The second-order valence-corrected chi connectivity index (χ2v) is 8.06. The third-order valence-corrected chi connectivity index (χ3v) is 4.54. The number of nitrogens with zero attached hydrogens (tertiary/aromatic N) is 3. The summed E-state index contributed by atoms with van der Waals surface area (Å²) in [6.07, 6.45) is -5.65. The summed E-state index contributed by atoms with van der Waals surface area (Å²) in [6, 6.07) is 5.01. The maximum atomic E-state index is 12.0. The molecule has 0 aliphatic carbocycles. The predicted octanol–water partition coefficient (Wildman–Crippen LogP) is 3.57. The summed E-state index contributed by atoms with van der Waals surface area (Å²) < 4.78 is 45.8. The van der Waals surface area contributed by atoms with Gasteiger partial charge in [0, 0.05) is 5.56 Å². The fourth-order valence-electron chi connectivity index (χ4n) is 2.42. The van der Waals surface area contributed by atoms with E-state index in [1.165, 1.54) is 0 Å². The number of benzene rings is 1. The van der Waals surface area contributed by atoms with E-state index in [2.05, 4.69) is 25.2 Å². The molecule has 13 heteroatoms. The highest BCUT2D eigenvalue weighted by Crippen LogP contribution is 2.34. The maximum absolute atomic E-state index is 12.0. The first-order chi connectivity index (χ1) is 14.4. The highest BCUT2D eigenvalue weighted by molar-refractivity contribution is 6.43. The third-order valence-electron chi connectivity index (χ3n) is 3.72. The van der Waals surface area contributed by atoms with Gasteiger partial charge in [0.05, 0.1) is 35.4 Å². The van der Waals surface area contributed by atoms with E-state index in [-0.39, 0.29) is 35.7 Å². The van der Waals surface area contributed by atoms with Crippen LogP contribution in [0.1, 0.15) is 13.8 Å². The van der Waals surface area contributed by atoms with Crippen LogP contribution in [0.15, 0.2) is 18.2 Å². The van der Waals surface area contributed by atoms with Gasteiger partial charge in [0.25, 0.3) is 0 Å². The molecule has 0 amide bonds. The number of ether oxygens (including phenoxy) is 2. The van der Waals surface area contributed by atoms with Crippen molar-refractivity contribution in [1.82, 2.24) is 15.2 Å². The van der Waals surface area contributed by atoms with Crippen molar-refractivity contribution in [3.8, 4) is 11.3 Å². The fourth-order valence-corrected chi connectivity index (χ4v) is 2.81. The Hall–Kier alpha value is -1.92. The molecule has 0 saturated heterocycles. The maximum Gasteiger partial charge on any atom is 0.411 e. The lowest BCUT2D eigenvalue weighted by Crippen LogP contribution is -2.38. The molecular formula is C18H22Cl2F3N5O3. The Morgan fingerprint density at radius 3 is 2.39 bits per heavy atom. The monoisotopic (exact) mass is 483 g/mol. The Balaban J connectivity index is 1.90. The van der Waals surface area contributed by atoms with Crippen molar-refractivity contribution >= 4 is 35.0 Å². The molecule has 8 nitrogen and oxygen atoms in total. The van der Waals surface area contributed by atoms with Crippen molar-refractivity contribution in [1.29, 1.82) is 0 Å². The van der Waals surface area contributed by atoms with E-state index < -0.39 is 31.0 Å². The molecule has 1 heterocycles. The highest BCUT2D eigenvalue weighted by atomic mass is 35.5. The standard InChI is InChI=1S/C18H22Cl2F3N5O3/c1-17(2,8-30-6-10(29)7-31-9-18(21,22)23)26-16-25-15(24)14(27-28-16)11-4-3-5-12(19)13(11)20/h3-5,10,29H,6-9H2,1-2H3,(H3,24,25,26,28)/t10-/m0/s1. The molecule has 0 aliphatic rings. The van der Waals surface area contributed by atoms with E-state index in [4.69, 9.17) is 33.7 Å². The molecule has 1 aromatic heterocycles. The fraction of sp³-hybridized carbons (Fsp3) is 0.500. The van der Waals surface area contributed by atoms with Gasteiger partial charge in [-0.3, -0.25) is 0 Å². The van der Waals surface area contributed by atoms with Gasteiger partial charge in [-0.1, -0.05) is 35.3 Å². The van der Waals surface area contributed by atoms with Crippen LogP contribution in [0.4, 0.5) is 24.9 Å². The number of halogens is 5. The molecule has 172 valence electrons. The van der Waals surface area contributed by atoms with Gasteiger partial charge < -0.3 is 25.6 Å². The summed E-state index contributed by atoms with van der Waals surface area (Å²) in [6.45, 7) is 1.47. The van der Waals surface area contributed by atoms with Crippen molar-refractivity contribution in [2.24, 2.45) is 0 Å². The van der Waals surface area contributed by atoms with Gasteiger partial charge in [0.15, 0.2) is 5.82 Å². The number of aliphatic hydroxyl groups is 1. The normalized spacial score (nSPS) is 13.3. The first-order valence-corrected chi connectivity index (χ1v) is 9.76. The predicted molar refractivity (Wildman–Crippen MR) is 111 cm³/mol. The molecule has 0 unspecified atom stereocenters.